The maximum absolute atomic E-state index is 11.3. The van der Waals surface area contributed by atoms with Crippen molar-refractivity contribution in [3.05, 3.63) is 191 Å². The Morgan fingerprint density at radius 3 is 1.83 bits per heavy atom. The monoisotopic (exact) mass is 693 g/mol. The molecule has 2 aliphatic heterocycles. The van der Waals surface area contributed by atoms with Gasteiger partial charge in [-0.05, 0) is 54.4 Å². The van der Waals surface area contributed by atoms with E-state index in [0.717, 1.165) is 62.2 Å². The van der Waals surface area contributed by atoms with Crippen LogP contribution >= 0.6 is 0 Å². The van der Waals surface area contributed by atoms with E-state index >= 15 is 0 Å². The van der Waals surface area contributed by atoms with Gasteiger partial charge in [-0.1, -0.05) is 121 Å². The maximum Gasteiger partial charge on any atom is 0.269 e. The summed E-state index contributed by atoms with van der Waals surface area (Å²) in [5.41, 5.74) is 8.58. The standard InChI is InChI=1S/C45H35N5O3/c1-45(47-40(32-16-8-3-9-17-32)43-42(49(43)45)34-22-26-37(27-23-34)50(51)52)30-53-38-28-24-35(25-29-38)44-46-39(31-14-6-2-7-15-31)41(33-18-10-4-11-19-33)48(44)36-20-12-5-13-21-36/h2-29,42-43H,30H2,1H3. The zero-order chi connectivity index (χ0) is 35.9. The topological polar surface area (TPSA) is 85.6 Å². The molecule has 0 bridgehead atoms. The molecule has 1 saturated heterocycles. The fourth-order valence-corrected chi connectivity index (χ4v) is 7.60. The number of fused-ring (bicyclic) bond motifs is 1. The fourth-order valence-electron chi connectivity index (χ4n) is 7.60. The molecular weight excluding hydrogens is 659 g/mol. The highest BCUT2D eigenvalue weighted by molar-refractivity contribution is 6.08. The molecule has 3 heterocycles. The predicted octanol–water partition coefficient (Wildman–Crippen LogP) is 9.80. The number of ether oxygens (including phenoxy) is 1. The minimum absolute atomic E-state index is 0.0500. The second kappa shape index (κ2) is 13.2. The minimum Gasteiger partial charge on any atom is -0.490 e. The number of aromatic nitrogens is 2. The van der Waals surface area contributed by atoms with Crippen molar-refractivity contribution in [3.8, 4) is 45.3 Å². The highest BCUT2D eigenvalue weighted by atomic mass is 16.6. The summed E-state index contributed by atoms with van der Waals surface area (Å²) in [6.07, 6.45) is 0. The number of benzene rings is 6. The van der Waals surface area contributed by atoms with Gasteiger partial charge in [0.2, 0.25) is 0 Å². The summed E-state index contributed by atoms with van der Waals surface area (Å²) in [6, 6.07) is 56.4. The number of para-hydroxylation sites is 1. The van der Waals surface area contributed by atoms with Crippen molar-refractivity contribution in [2.45, 2.75) is 24.7 Å². The van der Waals surface area contributed by atoms with E-state index < -0.39 is 5.66 Å². The third-order valence-electron chi connectivity index (χ3n) is 10.1. The van der Waals surface area contributed by atoms with Crippen LogP contribution in [0.25, 0.3) is 39.6 Å². The fraction of sp³-hybridized carbons (Fsp3) is 0.111. The van der Waals surface area contributed by atoms with Gasteiger partial charge in [0, 0.05) is 34.5 Å². The van der Waals surface area contributed by atoms with Crippen LogP contribution in [-0.4, -0.2) is 43.4 Å². The predicted molar refractivity (Wildman–Crippen MR) is 208 cm³/mol. The SMILES string of the molecule is CC1(COc2ccc(-c3nc(-c4ccccc4)c(-c4ccccc4)n3-c3ccccc3)cc2)N=C(c2ccccc2)C2C(c3ccc([N+](=O)[O-])cc3)N21. The van der Waals surface area contributed by atoms with Gasteiger partial charge in [0.1, 0.15) is 23.8 Å². The van der Waals surface area contributed by atoms with Crippen molar-refractivity contribution in [3.63, 3.8) is 0 Å². The molecule has 0 radical (unpaired) electrons. The van der Waals surface area contributed by atoms with E-state index in [1.807, 2.05) is 72.8 Å². The van der Waals surface area contributed by atoms with Crippen molar-refractivity contribution >= 4 is 11.4 Å². The Balaban J connectivity index is 1.04. The van der Waals surface area contributed by atoms with Crippen LogP contribution in [0.4, 0.5) is 5.69 Å². The molecule has 1 aromatic heterocycles. The number of nitrogens with zero attached hydrogens (tertiary/aromatic N) is 5. The molecule has 0 saturated carbocycles. The number of hydrogen-bond donors (Lipinski definition) is 0. The zero-order valence-electron chi connectivity index (χ0n) is 29.0. The molecule has 6 aromatic carbocycles. The van der Waals surface area contributed by atoms with Gasteiger partial charge in [-0.25, -0.2) is 4.98 Å². The van der Waals surface area contributed by atoms with Crippen LogP contribution in [0.5, 0.6) is 5.75 Å². The molecule has 2 aliphatic rings. The van der Waals surface area contributed by atoms with E-state index in [0.29, 0.717) is 6.61 Å². The van der Waals surface area contributed by atoms with E-state index in [9.17, 15) is 10.1 Å². The van der Waals surface area contributed by atoms with Gasteiger partial charge >= 0.3 is 0 Å². The molecule has 8 nitrogen and oxygen atoms in total. The van der Waals surface area contributed by atoms with Crippen LogP contribution in [0.3, 0.4) is 0 Å². The largest absolute Gasteiger partial charge is 0.490 e. The molecule has 0 amide bonds. The summed E-state index contributed by atoms with van der Waals surface area (Å²) in [5, 5.41) is 11.3. The van der Waals surface area contributed by atoms with Gasteiger partial charge in [0.05, 0.1) is 34.1 Å². The second-order valence-corrected chi connectivity index (χ2v) is 13.6. The van der Waals surface area contributed by atoms with Crippen LogP contribution in [0.1, 0.15) is 24.1 Å². The van der Waals surface area contributed by atoms with E-state index in [2.05, 4.69) is 101 Å². The van der Waals surface area contributed by atoms with Crippen LogP contribution in [0.15, 0.2) is 175 Å². The average molecular weight is 694 g/mol. The molecule has 9 rings (SSSR count). The molecule has 4 atom stereocenters. The van der Waals surface area contributed by atoms with Crippen LogP contribution < -0.4 is 4.74 Å². The third-order valence-corrected chi connectivity index (χ3v) is 10.1. The van der Waals surface area contributed by atoms with Gasteiger partial charge in [0.15, 0.2) is 0 Å². The van der Waals surface area contributed by atoms with Gasteiger partial charge in [-0.2, -0.15) is 0 Å². The Kier molecular flexibility index (Phi) is 8.01. The summed E-state index contributed by atoms with van der Waals surface area (Å²) in [4.78, 5) is 23.9. The number of rotatable bonds is 10. The minimum atomic E-state index is -0.639. The van der Waals surface area contributed by atoms with Crippen LogP contribution in [0.2, 0.25) is 0 Å². The third kappa shape index (κ3) is 5.89. The van der Waals surface area contributed by atoms with Crippen molar-refractivity contribution in [2.24, 2.45) is 4.99 Å². The first-order chi connectivity index (χ1) is 26.0. The first-order valence-corrected chi connectivity index (χ1v) is 17.7. The first-order valence-electron chi connectivity index (χ1n) is 17.7. The maximum atomic E-state index is 11.3. The number of non-ortho nitro benzene ring substituents is 1. The van der Waals surface area contributed by atoms with Crippen molar-refractivity contribution < 1.29 is 9.66 Å². The molecular formula is C45H35N5O3. The molecule has 0 aliphatic carbocycles. The van der Waals surface area contributed by atoms with Crippen LogP contribution in [0, 0.1) is 10.1 Å². The Hall–Kier alpha value is -6.64. The van der Waals surface area contributed by atoms with Crippen molar-refractivity contribution in [2.75, 3.05) is 6.61 Å². The Morgan fingerprint density at radius 1 is 0.660 bits per heavy atom. The van der Waals surface area contributed by atoms with Gasteiger partial charge in [0.25, 0.3) is 5.69 Å². The zero-order valence-corrected chi connectivity index (χ0v) is 29.0. The average Bonchev–Trinajstić information content (AvgIpc) is 3.73. The van der Waals surface area contributed by atoms with E-state index in [1.165, 1.54) is 0 Å². The molecule has 7 aromatic rings. The molecule has 4 unspecified atom stereocenters. The quantitative estimate of drug-likeness (QED) is 0.0809. The summed E-state index contributed by atoms with van der Waals surface area (Å²) in [7, 11) is 0. The lowest BCUT2D eigenvalue weighted by molar-refractivity contribution is -0.384. The molecule has 258 valence electrons. The molecule has 1 fully saturated rings. The van der Waals surface area contributed by atoms with Crippen molar-refractivity contribution in [1.29, 1.82) is 0 Å². The van der Waals surface area contributed by atoms with Gasteiger partial charge < -0.3 is 4.74 Å². The lowest BCUT2D eigenvalue weighted by Gasteiger charge is -2.26. The Labute approximate surface area is 307 Å². The van der Waals surface area contributed by atoms with E-state index in [-0.39, 0.29) is 22.7 Å². The number of nitro groups is 1. The molecule has 8 heteroatoms. The highest BCUT2D eigenvalue weighted by Gasteiger charge is 2.64. The summed E-state index contributed by atoms with van der Waals surface area (Å²) in [5.74, 6) is 1.56. The summed E-state index contributed by atoms with van der Waals surface area (Å²) >= 11 is 0. The normalized spacial score (nSPS) is 20.0. The number of aliphatic imine (C=N–C) groups is 1. The molecule has 0 spiro atoms. The van der Waals surface area contributed by atoms with Crippen LogP contribution in [-0.2, 0) is 0 Å². The lowest BCUT2D eigenvalue weighted by Crippen LogP contribution is -2.37. The first kappa shape index (κ1) is 32.3. The van der Waals surface area contributed by atoms with E-state index in [4.69, 9.17) is 14.7 Å². The summed E-state index contributed by atoms with van der Waals surface area (Å²) in [6.45, 7) is 2.43. The number of hydrogen-bond acceptors (Lipinski definition) is 6. The highest BCUT2D eigenvalue weighted by Crippen LogP contribution is 2.55. The number of nitro benzene ring substituents is 1. The number of imidazole rings is 1. The van der Waals surface area contributed by atoms with E-state index in [1.54, 1.807) is 12.1 Å². The second-order valence-electron chi connectivity index (χ2n) is 13.6. The molecule has 53 heavy (non-hydrogen) atoms. The Morgan fingerprint density at radius 2 is 1.23 bits per heavy atom. The van der Waals surface area contributed by atoms with Gasteiger partial charge in [-0.3, -0.25) is 24.6 Å². The molecule has 0 N–H and O–H groups in total. The lowest BCUT2D eigenvalue weighted by atomic mass is 10.0. The van der Waals surface area contributed by atoms with Crippen molar-refractivity contribution in [1.82, 2.24) is 14.5 Å². The van der Waals surface area contributed by atoms with Gasteiger partial charge in [-0.15, -0.1) is 0 Å². The smallest absolute Gasteiger partial charge is 0.269 e. The summed E-state index contributed by atoms with van der Waals surface area (Å²) < 4.78 is 8.76. The Bertz CT molecular complexity index is 2430.